The third kappa shape index (κ3) is 3.80. The molecule has 7 heteroatoms. The lowest BCUT2D eigenvalue weighted by Gasteiger charge is -2.34. The Balaban J connectivity index is 2.07. The Bertz CT molecular complexity index is 494. The summed E-state index contributed by atoms with van der Waals surface area (Å²) in [6.45, 7) is 3.54. The largest absolute Gasteiger partial charge is 0.494 e. The van der Waals surface area contributed by atoms with Gasteiger partial charge < -0.3 is 14.7 Å². The predicted octanol–water partition coefficient (Wildman–Crippen LogP) is 1.75. The van der Waals surface area contributed by atoms with E-state index in [4.69, 9.17) is 33.0 Å². The van der Waals surface area contributed by atoms with Gasteiger partial charge in [0.15, 0.2) is 5.75 Å². The first-order chi connectivity index (χ1) is 10.1. The zero-order chi connectivity index (χ0) is 15.4. The Morgan fingerprint density at radius 1 is 1.24 bits per heavy atom. The average Bonchev–Trinajstić information content (AvgIpc) is 2.47. The van der Waals surface area contributed by atoms with E-state index in [2.05, 4.69) is 4.90 Å². The number of rotatable bonds is 4. The third-order valence-electron chi connectivity index (χ3n) is 3.53. The number of carbonyl (C=O) groups excluding carboxylic acids is 1. The molecule has 1 amide bonds. The number of hydrogen-bond acceptors (Lipinski definition) is 4. The first-order valence-electron chi connectivity index (χ1n) is 6.72. The van der Waals surface area contributed by atoms with Crippen LogP contribution < -0.4 is 4.74 Å². The molecule has 1 N–H and O–H groups in total. The van der Waals surface area contributed by atoms with Crippen molar-refractivity contribution in [1.82, 2.24) is 9.80 Å². The average molecular weight is 333 g/mol. The van der Waals surface area contributed by atoms with Gasteiger partial charge in [0.05, 0.1) is 23.8 Å². The number of benzene rings is 1. The number of amides is 1. The van der Waals surface area contributed by atoms with Gasteiger partial charge in [0.2, 0.25) is 0 Å². The van der Waals surface area contributed by atoms with Crippen molar-refractivity contribution in [2.24, 2.45) is 0 Å². The maximum atomic E-state index is 12.5. The molecule has 0 radical (unpaired) electrons. The number of hydrogen-bond donors (Lipinski definition) is 1. The Hall–Kier alpha value is -1.01. The first-order valence-corrected chi connectivity index (χ1v) is 7.48. The molecule has 0 saturated carbocycles. The Labute approximate surface area is 134 Å². The number of β-amino-alcohol motifs (C(OH)–C–C–N with tert-alkyl or cyclic N) is 1. The van der Waals surface area contributed by atoms with Crippen molar-refractivity contribution >= 4 is 29.1 Å². The summed E-state index contributed by atoms with van der Waals surface area (Å²) in [5.41, 5.74) is 0.460. The van der Waals surface area contributed by atoms with Crippen LogP contribution in [0.3, 0.4) is 0 Å². The van der Waals surface area contributed by atoms with Crippen LogP contribution in [0, 0.1) is 0 Å². The molecule has 1 fully saturated rings. The summed E-state index contributed by atoms with van der Waals surface area (Å²) < 4.78 is 5.08. The molecule has 0 spiro atoms. The molecule has 1 heterocycles. The Morgan fingerprint density at radius 2 is 1.81 bits per heavy atom. The zero-order valence-corrected chi connectivity index (χ0v) is 13.3. The minimum Gasteiger partial charge on any atom is -0.494 e. The van der Waals surface area contributed by atoms with Crippen LogP contribution in [0.1, 0.15) is 10.4 Å². The highest BCUT2D eigenvalue weighted by Gasteiger charge is 2.23. The summed E-state index contributed by atoms with van der Waals surface area (Å²) in [5, 5.41) is 9.57. The number of halogens is 2. The van der Waals surface area contributed by atoms with E-state index in [9.17, 15) is 4.79 Å². The molecule has 1 aromatic carbocycles. The molecule has 1 aromatic rings. The van der Waals surface area contributed by atoms with E-state index in [1.54, 1.807) is 17.0 Å². The van der Waals surface area contributed by atoms with E-state index in [1.165, 1.54) is 7.11 Å². The number of ether oxygens (including phenoxy) is 1. The van der Waals surface area contributed by atoms with Crippen LogP contribution >= 0.6 is 23.2 Å². The highest BCUT2D eigenvalue weighted by molar-refractivity contribution is 6.37. The van der Waals surface area contributed by atoms with E-state index >= 15 is 0 Å². The van der Waals surface area contributed by atoms with E-state index < -0.39 is 0 Å². The van der Waals surface area contributed by atoms with E-state index in [0.717, 1.165) is 13.1 Å². The highest BCUT2D eigenvalue weighted by atomic mass is 35.5. The number of carbonyl (C=O) groups is 1. The van der Waals surface area contributed by atoms with Gasteiger partial charge in [-0.25, -0.2) is 0 Å². The van der Waals surface area contributed by atoms with Crippen LogP contribution in [0.4, 0.5) is 0 Å². The van der Waals surface area contributed by atoms with Crippen molar-refractivity contribution in [1.29, 1.82) is 0 Å². The van der Waals surface area contributed by atoms with Gasteiger partial charge in [0, 0.05) is 38.3 Å². The van der Waals surface area contributed by atoms with E-state index in [-0.39, 0.29) is 12.5 Å². The predicted molar refractivity (Wildman–Crippen MR) is 82.4 cm³/mol. The minimum atomic E-state index is -0.0925. The molecule has 0 unspecified atom stereocenters. The first kappa shape index (κ1) is 16.4. The molecule has 0 aromatic heterocycles. The monoisotopic (exact) mass is 332 g/mol. The highest BCUT2D eigenvalue weighted by Crippen LogP contribution is 2.34. The van der Waals surface area contributed by atoms with Crippen molar-refractivity contribution in [3.05, 3.63) is 27.7 Å². The number of piperazine rings is 1. The van der Waals surface area contributed by atoms with E-state index in [1.807, 2.05) is 0 Å². The summed E-state index contributed by atoms with van der Waals surface area (Å²) in [4.78, 5) is 16.4. The van der Waals surface area contributed by atoms with Gasteiger partial charge >= 0.3 is 0 Å². The van der Waals surface area contributed by atoms with Gasteiger partial charge in [-0.1, -0.05) is 23.2 Å². The van der Waals surface area contributed by atoms with E-state index in [0.29, 0.717) is 41.0 Å². The van der Waals surface area contributed by atoms with Crippen LogP contribution in [0.25, 0.3) is 0 Å². The fraction of sp³-hybridized carbons (Fsp3) is 0.500. The van der Waals surface area contributed by atoms with Crippen LogP contribution in [0.5, 0.6) is 5.75 Å². The second-order valence-electron chi connectivity index (χ2n) is 4.83. The van der Waals surface area contributed by atoms with Crippen LogP contribution in [-0.2, 0) is 0 Å². The number of methoxy groups -OCH3 is 1. The van der Waals surface area contributed by atoms with Gasteiger partial charge in [-0.05, 0) is 12.1 Å². The van der Waals surface area contributed by atoms with Gasteiger partial charge in [0.1, 0.15) is 0 Å². The molecule has 0 aliphatic carbocycles. The lowest BCUT2D eigenvalue weighted by atomic mass is 10.1. The van der Waals surface area contributed by atoms with Crippen molar-refractivity contribution < 1.29 is 14.6 Å². The molecule has 1 saturated heterocycles. The van der Waals surface area contributed by atoms with Crippen LogP contribution in [0.2, 0.25) is 10.0 Å². The van der Waals surface area contributed by atoms with Crippen molar-refractivity contribution in [3.8, 4) is 5.75 Å². The summed E-state index contributed by atoms with van der Waals surface area (Å²) >= 11 is 12.1. The standard InChI is InChI=1S/C14H18Cl2N2O3/c1-21-13-11(15)8-10(9-12(13)16)14(20)18-4-2-17(3-5-18)6-7-19/h8-9,19H,2-7H2,1H3. The second kappa shape index (κ2) is 7.31. The second-order valence-corrected chi connectivity index (χ2v) is 5.64. The molecular formula is C14H18Cl2N2O3. The third-order valence-corrected chi connectivity index (χ3v) is 4.09. The summed E-state index contributed by atoms with van der Waals surface area (Å²) in [7, 11) is 1.48. The molecule has 116 valence electrons. The van der Waals surface area contributed by atoms with Crippen molar-refractivity contribution in [3.63, 3.8) is 0 Å². The Kier molecular flexibility index (Phi) is 5.70. The Morgan fingerprint density at radius 3 is 2.29 bits per heavy atom. The fourth-order valence-corrected chi connectivity index (χ4v) is 3.02. The minimum absolute atomic E-state index is 0.0925. The number of nitrogens with zero attached hydrogens (tertiary/aromatic N) is 2. The zero-order valence-electron chi connectivity index (χ0n) is 11.8. The molecule has 1 aliphatic heterocycles. The maximum absolute atomic E-state index is 12.5. The summed E-state index contributed by atoms with van der Waals surface area (Å²) in [6, 6.07) is 3.16. The normalized spacial score (nSPS) is 16.1. The van der Waals surface area contributed by atoms with Crippen molar-refractivity contribution in [2.45, 2.75) is 0 Å². The molecular weight excluding hydrogens is 315 g/mol. The summed E-state index contributed by atoms with van der Waals surface area (Å²) in [6.07, 6.45) is 0. The lowest BCUT2D eigenvalue weighted by molar-refractivity contribution is 0.0615. The number of aliphatic hydroxyl groups is 1. The SMILES string of the molecule is COc1c(Cl)cc(C(=O)N2CCN(CCO)CC2)cc1Cl. The fourth-order valence-electron chi connectivity index (χ4n) is 2.38. The van der Waals surface area contributed by atoms with Gasteiger partial charge in [0.25, 0.3) is 5.91 Å². The van der Waals surface area contributed by atoms with Crippen LogP contribution in [-0.4, -0.2) is 67.3 Å². The van der Waals surface area contributed by atoms with Crippen LogP contribution in [0.15, 0.2) is 12.1 Å². The van der Waals surface area contributed by atoms with Gasteiger partial charge in [-0.2, -0.15) is 0 Å². The maximum Gasteiger partial charge on any atom is 0.254 e. The summed E-state index contributed by atoms with van der Waals surface area (Å²) in [5.74, 6) is 0.285. The molecule has 0 atom stereocenters. The topological polar surface area (TPSA) is 53.0 Å². The lowest BCUT2D eigenvalue weighted by Crippen LogP contribution is -2.49. The quantitative estimate of drug-likeness (QED) is 0.912. The van der Waals surface area contributed by atoms with Gasteiger partial charge in [-0.3, -0.25) is 9.69 Å². The number of aliphatic hydroxyl groups excluding tert-OH is 1. The molecule has 1 aliphatic rings. The smallest absolute Gasteiger partial charge is 0.254 e. The molecule has 21 heavy (non-hydrogen) atoms. The van der Waals surface area contributed by atoms with Crippen molar-refractivity contribution in [2.75, 3.05) is 46.4 Å². The molecule has 0 bridgehead atoms. The molecule has 5 nitrogen and oxygen atoms in total. The van der Waals surface area contributed by atoms with Gasteiger partial charge in [-0.15, -0.1) is 0 Å². The molecule has 2 rings (SSSR count).